The summed E-state index contributed by atoms with van der Waals surface area (Å²) in [6.07, 6.45) is 0. The van der Waals surface area contributed by atoms with Gasteiger partial charge >= 0.3 is 0 Å². The molecule has 0 aliphatic carbocycles. The van der Waals surface area contributed by atoms with Crippen LogP contribution in [0.15, 0.2) is 65.1 Å². The number of nitriles is 1. The molecule has 4 rings (SSSR count). The molecule has 0 saturated carbocycles. The van der Waals surface area contributed by atoms with E-state index in [2.05, 4.69) is 37.5 Å². The van der Waals surface area contributed by atoms with Crippen LogP contribution in [0.1, 0.15) is 5.69 Å². The molecule has 0 atom stereocenters. The Morgan fingerprint density at radius 2 is 1.82 bits per heavy atom. The maximum absolute atomic E-state index is 9.39. The standard InChI is InChI=1S/C18H10BrN3/c19-14-6-3-5-13(10-14)18-21-15(11-20)17-9-8-12-4-1-2-7-16(12)22(17)18/h1-10H. The minimum absolute atomic E-state index is 0.445. The summed E-state index contributed by atoms with van der Waals surface area (Å²) in [7, 11) is 0. The molecular weight excluding hydrogens is 338 g/mol. The summed E-state index contributed by atoms with van der Waals surface area (Å²) in [5.41, 5.74) is 3.29. The van der Waals surface area contributed by atoms with Crippen LogP contribution in [0.2, 0.25) is 0 Å². The van der Waals surface area contributed by atoms with E-state index in [1.54, 1.807) is 0 Å². The molecule has 2 aromatic heterocycles. The molecule has 0 spiro atoms. The Bertz CT molecular complexity index is 1060. The summed E-state index contributed by atoms with van der Waals surface area (Å²) in [6.45, 7) is 0. The predicted octanol–water partition coefficient (Wildman–Crippen LogP) is 4.79. The molecule has 2 aromatic carbocycles. The number of rotatable bonds is 1. The first-order chi connectivity index (χ1) is 10.8. The Balaban J connectivity index is 2.19. The Kier molecular flexibility index (Phi) is 2.95. The van der Waals surface area contributed by atoms with E-state index in [0.717, 1.165) is 32.3 Å². The van der Waals surface area contributed by atoms with Crippen molar-refractivity contribution in [3.8, 4) is 17.5 Å². The third-order valence-corrected chi connectivity index (χ3v) is 4.19. The van der Waals surface area contributed by atoms with Gasteiger partial charge in [-0.2, -0.15) is 5.26 Å². The quantitative estimate of drug-likeness (QED) is 0.496. The first kappa shape index (κ1) is 13.1. The average Bonchev–Trinajstić information content (AvgIpc) is 2.94. The monoisotopic (exact) mass is 347 g/mol. The van der Waals surface area contributed by atoms with Crippen molar-refractivity contribution < 1.29 is 0 Å². The fourth-order valence-electron chi connectivity index (χ4n) is 2.73. The van der Waals surface area contributed by atoms with Crippen molar-refractivity contribution in [3.05, 3.63) is 70.8 Å². The third kappa shape index (κ3) is 1.91. The van der Waals surface area contributed by atoms with Gasteiger partial charge in [-0.15, -0.1) is 0 Å². The lowest BCUT2D eigenvalue weighted by molar-refractivity contribution is 1.21. The van der Waals surface area contributed by atoms with Crippen LogP contribution < -0.4 is 0 Å². The Morgan fingerprint density at radius 3 is 2.64 bits per heavy atom. The summed E-state index contributed by atoms with van der Waals surface area (Å²) in [4.78, 5) is 4.55. The zero-order valence-corrected chi connectivity index (χ0v) is 13.1. The highest BCUT2D eigenvalue weighted by Gasteiger charge is 2.14. The molecule has 0 bridgehead atoms. The molecule has 0 N–H and O–H groups in total. The van der Waals surface area contributed by atoms with Crippen molar-refractivity contribution in [2.24, 2.45) is 0 Å². The van der Waals surface area contributed by atoms with Gasteiger partial charge < -0.3 is 0 Å². The molecule has 4 aromatic rings. The smallest absolute Gasteiger partial charge is 0.166 e. The molecule has 0 unspecified atom stereocenters. The second-order valence-electron chi connectivity index (χ2n) is 5.02. The third-order valence-electron chi connectivity index (χ3n) is 3.70. The minimum atomic E-state index is 0.445. The molecule has 22 heavy (non-hydrogen) atoms. The van der Waals surface area contributed by atoms with Crippen LogP contribution in [0.25, 0.3) is 27.8 Å². The van der Waals surface area contributed by atoms with Crippen LogP contribution in [0, 0.1) is 11.3 Å². The van der Waals surface area contributed by atoms with Crippen LogP contribution in [-0.2, 0) is 0 Å². The first-order valence-electron chi connectivity index (χ1n) is 6.84. The van der Waals surface area contributed by atoms with Crippen LogP contribution in [-0.4, -0.2) is 9.38 Å². The molecule has 0 fully saturated rings. The molecule has 0 saturated heterocycles. The summed E-state index contributed by atoms with van der Waals surface area (Å²) in [5, 5.41) is 10.5. The number of imidazole rings is 1. The van der Waals surface area contributed by atoms with Gasteiger partial charge in [0, 0.05) is 10.0 Å². The summed E-state index contributed by atoms with van der Waals surface area (Å²) in [5.74, 6) is 0.782. The van der Waals surface area contributed by atoms with Gasteiger partial charge in [0.25, 0.3) is 0 Å². The van der Waals surface area contributed by atoms with Gasteiger partial charge in [-0.3, -0.25) is 4.40 Å². The van der Waals surface area contributed by atoms with Gasteiger partial charge in [0.05, 0.1) is 11.0 Å². The molecule has 2 heterocycles. The second-order valence-corrected chi connectivity index (χ2v) is 5.93. The van der Waals surface area contributed by atoms with Crippen molar-refractivity contribution in [3.63, 3.8) is 0 Å². The van der Waals surface area contributed by atoms with E-state index >= 15 is 0 Å². The van der Waals surface area contributed by atoms with E-state index in [0.29, 0.717) is 5.69 Å². The van der Waals surface area contributed by atoms with E-state index in [-0.39, 0.29) is 0 Å². The van der Waals surface area contributed by atoms with Crippen LogP contribution in [0.5, 0.6) is 0 Å². The van der Waals surface area contributed by atoms with E-state index in [9.17, 15) is 5.26 Å². The highest BCUT2D eigenvalue weighted by Crippen LogP contribution is 2.28. The number of pyridine rings is 1. The van der Waals surface area contributed by atoms with Gasteiger partial charge in [0.2, 0.25) is 0 Å². The zero-order valence-electron chi connectivity index (χ0n) is 11.5. The lowest BCUT2D eigenvalue weighted by Crippen LogP contribution is -1.92. The molecular formula is C18H10BrN3. The van der Waals surface area contributed by atoms with E-state index in [1.807, 2.05) is 54.6 Å². The minimum Gasteiger partial charge on any atom is -0.291 e. The van der Waals surface area contributed by atoms with Crippen molar-refractivity contribution in [1.82, 2.24) is 9.38 Å². The molecule has 104 valence electrons. The summed E-state index contributed by atoms with van der Waals surface area (Å²) >= 11 is 3.50. The van der Waals surface area contributed by atoms with Crippen molar-refractivity contribution in [1.29, 1.82) is 5.26 Å². The number of nitrogens with zero attached hydrogens (tertiary/aromatic N) is 3. The highest BCUT2D eigenvalue weighted by atomic mass is 79.9. The Morgan fingerprint density at radius 1 is 0.955 bits per heavy atom. The number of halogens is 1. The molecule has 0 radical (unpaired) electrons. The number of para-hydroxylation sites is 1. The maximum atomic E-state index is 9.39. The highest BCUT2D eigenvalue weighted by molar-refractivity contribution is 9.10. The maximum Gasteiger partial charge on any atom is 0.166 e. The van der Waals surface area contributed by atoms with Gasteiger partial charge in [0.15, 0.2) is 5.69 Å². The van der Waals surface area contributed by atoms with Crippen molar-refractivity contribution >= 4 is 32.3 Å². The van der Waals surface area contributed by atoms with Crippen LogP contribution in [0.4, 0.5) is 0 Å². The van der Waals surface area contributed by atoms with Gasteiger partial charge in [-0.25, -0.2) is 4.98 Å². The Hall–Kier alpha value is -2.64. The number of fused-ring (bicyclic) bond motifs is 3. The normalized spacial score (nSPS) is 10.9. The topological polar surface area (TPSA) is 41.1 Å². The van der Waals surface area contributed by atoms with Crippen LogP contribution >= 0.6 is 15.9 Å². The summed E-state index contributed by atoms with van der Waals surface area (Å²) in [6, 6.07) is 22.3. The van der Waals surface area contributed by atoms with Crippen molar-refractivity contribution in [2.75, 3.05) is 0 Å². The summed E-state index contributed by atoms with van der Waals surface area (Å²) < 4.78 is 3.04. The number of hydrogen-bond donors (Lipinski definition) is 0. The average molecular weight is 348 g/mol. The van der Waals surface area contributed by atoms with Gasteiger partial charge in [-0.1, -0.05) is 52.3 Å². The van der Waals surface area contributed by atoms with Crippen molar-refractivity contribution in [2.45, 2.75) is 0 Å². The van der Waals surface area contributed by atoms with Crippen LogP contribution in [0.3, 0.4) is 0 Å². The molecule has 0 aliphatic heterocycles. The zero-order chi connectivity index (χ0) is 15.1. The van der Waals surface area contributed by atoms with Gasteiger partial charge in [-0.05, 0) is 29.7 Å². The fraction of sp³-hybridized carbons (Fsp3) is 0. The first-order valence-corrected chi connectivity index (χ1v) is 7.63. The largest absolute Gasteiger partial charge is 0.291 e. The predicted molar refractivity (Wildman–Crippen MR) is 90.5 cm³/mol. The lowest BCUT2D eigenvalue weighted by Gasteiger charge is -2.06. The van der Waals surface area contributed by atoms with Gasteiger partial charge in [0.1, 0.15) is 11.9 Å². The molecule has 0 amide bonds. The number of hydrogen-bond acceptors (Lipinski definition) is 2. The second kappa shape index (κ2) is 4.97. The number of benzene rings is 2. The van der Waals surface area contributed by atoms with E-state index in [4.69, 9.17) is 0 Å². The molecule has 4 heteroatoms. The lowest BCUT2D eigenvalue weighted by atomic mass is 10.2. The SMILES string of the molecule is N#Cc1nc(-c2cccc(Br)c2)n2c1ccc1ccccc12. The fourth-order valence-corrected chi connectivity index (χ4v) is 3.13. The molecule has 0 aliphatic rings. The van der Waals surface area contributed by atoms with E-state index < -0.39 is 0 Å². The van der Waals surface area contributed by atoms with E-state index in [1.165, 1.54) is 0 Å². The Labute approximate surface area is 135 Å². The molecule has 3 nitrogen and oxygen atoms in total. The number of aromatic nitrogens is 2.